The quantitative estimate of drug-likeness (QED) is 0.678. The van der Waals surface area contributed by atoms with E-state index in [-0.39, 0.29) is 6.61 Å². The number of esters is 2. The van der Waals surface area contributed by atoms with Crippen LogP contribution in [0.2, 0.25) is 0 Å². The summed E-state index contributed by atoms with van der Waals surface area (Å²) in [5.74, 6) is -1.13. The molecule has 0 radical (unpaired) electrons. The van der Waals surface area contributed by atoms with E-state index < -0.39 is 24.5 Å². The van der Waals surface area contributed by atoms with Gasteiger partial charge in [-0.2, -0.15) is 0 Å². The first kappa shape index (κ1) is 21.4. The van der Waals surface area contributed by atoms with Gasteiger partial charge in [0.05, 0.1) is 12.7 Å². The molecule has 150 valence electrons. The summed E-state index contributed by atoms with van der Waals surface area (Å²) in [4.78, 5) is 36.8. The van der Waals surface area contributed by atoms with E-state index in [2.05, 4.69) is 5.32 Å². The highest BCUT2D eigenvalue weighted by Crippen LogP contribution is 2.32. The Bertz CT molecular complexity index is 874. The second-order valence-corrected chi connectivity index (χ2v) is 7.16. The molecule has 0 bridgehead atoms. The van der Waals surface area contributed by atoms with E-state index in [1.165, 1.54) is 18.4 Å². The van der Waals surface area contributed by atoms with Crippen LogP contribution in [-0.4, -0.2) is 38.2 Å². The number of carbonyl (C=O) groups is 3. The number of thiophene rings is 1. The smallest absolute Gasteiger partial charge is 0.344 e. The lowest BCUT2D eigenvalue weighted by atomic mass is 10.1. The van der Waals surface area contributed by atoms with Gasteiger partial charge in [-0.25, -0.2) is 9.59 Å². The lowest BCUT2D eigenvalue weighted by molar-refractivity contribution is -0.149. The summed E-state index contributed by atoms with van der Waals surface area (Å²) in [6.07, 6.45) is 0.774. The SMILES string of the molecule is CCc1ccccc1OCC(=O)OCC(=O)Nc1sc(C)c(C)c1C(=O)OC. The van der Waals surface area contributed by atoms with Gasteiger partial charge in [-0.05, 0) is 37.5 Å². The van der Waals surface area contributed by atoms with Gasteiger partial charge in [-0.3, -0.25) is 4.79 Å². The number of hydrogen-bond donors (Lipinski definition) is 1. The largest absolute Gasteiger partial charge is 0.482 e. The maximum absolute atomic E-state index is 12.1. The van der Waals surface area contributed by atoms with Crippen molar-refractivity contribution in [3.05, 3.63) is 45.8 Å². The van der Waals surface area contributed by atoms with Crippen molar-refractivity contribution in [3.8, 4) is 5.75 Å². The fraction of sp³-hybridized carbons (Fsp3) is 0.350. The number of carbonyl (C=O) groups excluding carboxylic acids is 3. The van der Waals surface area contributed by atoms with Crippen molar-refractivity contribution in [2.45, 2.75) is 27.2 Å². The predicted molar refractivity (Wildman–Crippen MR) is 106 cm³/mol. The Morgan fingerprint density at radius 2 is 1.82 bits per heavy atom. The van der Waals surface area contributed by atoms with Crippen LogP contribution in [-0.2, 0) is 25.5 Å². The molecule has 1 aromatic heterocycles. The van der Waals surface area contributed by atoms with Crippen molar-refractivity contribution < 1.29 is 28.6 Å². The first-order chi connectivity index (χ1) is 13.4. The van der Waals surface area contributed by atoms with Crippen LogP contribution in [0.15, 0.2) is 24.3 Å². The van der Waals surface area contributed by atoms with Gasteiger partial charge in [-0.15, -0.1) is 11.3 Å². The molecule has 0 aliphatic heterocycles. The van der Waals surface area contributed by atoms with Gasteiger partial charge in [0.15, 0.2) is 13.2 Å². The van der Waals surface area contributed by atoms with Crippen LogP contribution in [0.1, 0.15) is 33.3 Å². The molecule has 0 unspecified atom stereocenters. The number of ether oxygens (including phenoxy) is 3. The summed E-state index contributed by atoms with van der Waals surface area (Å²) in [5, 5.41) is 2.97. The summed E-state index contributed by atoms with van der Waals surface area (Å²) in [5.41, 5.74) is 2.03. The van der Waals surface area contributed by atoms with Crippen LogP contribution in [0.3, 0.4) is 0 Å². The molecule has 0 saturated heterocycles. The fourth-order valence-corrected chi connectivity index (χ4v) is 3.55. The van der Waals surface area contributed by atoms with E-state index in [0.717, 1.165) is 22.4 Å². The first-order valence-electron chi connectivity index (χ1n) is 8.71. The molecule has 0 atom stereocenters. The van der Waals surface area contributed by atoms with Crippen LogP contribution >= 0.6 is 11.3 Å². The average Bonchev–Trinajstić information content (AvgIpc) is 2.97. The molecule has 2 rings (SSSR count). The number of nitrogens with one attached hydrogen (secondary N) is 1. The molecule has 0 spiro atoms. The zero-order valence-electron chi connectivity index (χ0n) is 16.3. The van der Waals surface area contributed by atoms with Crippen molar-refractivity contribution in [1.82, 2.24) is 0 Å². The molecule has 0 aliphatic carbocycles. The zero-order chi connectivity index (χ0) is 20.7. The van der Waals surface area contributed by atoms with Gasteiger partial charge in [0, 0.05) is 4.88 Å². The van der Waals surface area contributed by atoms with E-state index in [1.54, 1.807) is 13.0 Å². The number of hydrogen-bond acceptors (Lipinski definition) is 7. The van der Waals surface area contributed by atoms with Crippen molar-refractivity contribution in [3.63, 3.8) is 0 Å². The molecule has 28 heavy (non-hydrogen) atoms. The molecule has 7 nitrogen and oxygen atoms in total. The standard InChI is InChI=1S/C20H23NO6S/c1-5-14-8-6-7-9-15(14)26-11-17(23)27-10-16(22)21-19-18(20(24)25-4)12(2)13(3)28-19/h6-9H,5,10-11H2,1-4H3,(H,21,22). The summed E-state index contributed by atoms with van der Waals surface area (Å²) >= 11 is 1.26. The molecule has 8 heteroatoms. The zero-order valence-corrected chi connectivity index (χ0v) is 17.1. The van der Waals surface area contributed by atoms with E-state index in [1.807, 2.05) is 32.0 Å². The monoisotopic (exact) mass is 405 g/mol. The number of benzene rings is 1. The Labute approximate surface area is 167 Å². The molecular formula is C20H23NO6S. The van der Waals surface area contributed by atoms with E-state index in [0.29, 0.717) is 16.3 Å². The molecule has 1 aromatic carbocycles. The first-order valence-corrected chi connectivity index (χ1v) is 9.53. The van der Waals surface area contributed by atoms with Crippen LogP contribution in [0.25, 0.3) is 0 Å². The van der Waals surface area contributed by atoms with Crippen molar-refractivity contribution >= 4 is 34.2 Å². The Morgan fingerprint density at radius 1 is 1.11 bits per heavy atom. The van der Waals surface area contributed by atoms with Crippen molar-refractivity contribution in [1.29, 1.82) is 0 Å². The van der Waals surface area contributed by atoms with Gasteiger partial charge in [0.1, 0.15) is 10.8 Å². The molecule has 1 N–H and O–H groups in total. The molecular weight excluding hydrogens is 382 g/mol. The summed E-state index contributed by atoms with van der Waals surface area (Å²) in [6.45, 7) is 4.83. The Hall–Kier alpha value is -2.87. The minimum Gasteiger partial charge on any atom is -0.482 e. The third-order valence-corrected chi connectivity index (χ3v) is 5.21. The highest BCUT2D eigenvalue weighted by Gasteiger charge is 2.22. The number of aryl methyl sites for hydroxylation is 2. The van der Waals surface area contributed by atoms with Gasteiger partial charge < -0.3 is 19.5 Å². The van der Waals surface area contributed by atoms with E-state index in [4.69, 9.17) is 14.2 Å². The number of para-hydroxylation sites is 1. The summed E-state index contributed by atoms with van der Waals surface area (Å²) < 4.78 is 15.2. The van der Waals surface area contributed by atoms with Gasteiger partial charge >= 0.3 is 11.9 Å². The lowest BCUT2D eigenvalue weighted by Crippen LogP contribution is -2.24. The van der Waals surface area contributed by atoms with E-state index >= 15 is 0 Å². The highest BCUT2D eigenvalue weighted by atomic mass is 32.1. The second kappa shape index (κ2) is 9.89. The number of rotatable bonds is 8. The molecule has 1 amide bonds. The lowest BCUT2D eigenvalue weighted by Gasteiger charge is -2.10. The topological polar surface area (TPSA) is 90.9 Å². The predicted octanol–water partition coefficient (Wildman–Crippen LogP) is 3.27. The Balaban J connectivity index is 1.88. The average molecular weight is 405 g/mol. The second-order valence-electron chi connectivity index (χ2n) is 5.94. The van der Waals surface area contributed by atoms with Crippen LogP contribution in [0.4, 0.5) is 5.00 Å². The Morgan fingerprint density at radius 3 is 2.50 bits per heavy atom. The third-order valence-electron chi connectivity index (χ3n) is 4.09. The normalized spacial score (nSPS) is 10.3. The minimum absolute atomic E-state index is 0.297. The maximum atomic E-state index is 12.1. The molecule has 0 saturated carbocycles. The maximum Gasteiger partial charge on any atom is 0.344 e. The van der Waals surface area contributed by atoms with Gasteiger partial charge in [0.25, 0.3) is 5.91 Å². The minimum atomic E-state index is -0.659. The molecule has 2 aromatic rings. The number of anilines is 1. The van der Waals surface area contributed by atoms with Gasteiger partial charge in [0.2, 0.25) is 0 Å². The van der Waals surface area contributed by atoms with E-state index in [9.17, 15) is 14.4 Å². The number of amides is 1. The highest BCUT2D eigenvalue weighted by molar-refractivity contribution is 7.16. The third kappa shape index (κ3) is 5.32. The molecule has 0 fully saturated rings. The Kier molecular flexibility index (Phi) is 7.57. The van der Waals surface area contributed by atoms with Crippen LogP contribution < -0.4 is 10.1 Å². The summed E-state index contributed by atoms with van der Waals surface area (Å²) in [7, 11) is 1.28. The van der Waals surface area contributed by atoms with Gasteiger partial charge in [-0.1, -0.05) is 25.1 Å². The van der Waals surface area contributed by atoms with Crippen molar-refractivity contribution in [2.75, 3.05) is 25.6 Å². The van der Waals surface area contributed by atoms with Crippen molar-refractivity contribution in [2.24, 2.45) is 0 Å². The van der Waals surface area contributed by atoms with Crippen LogP contribution in [0, 0.1) is 13.8 Å². The molecule has 1 heterocycles. The molecule has 0 aliphatic rings. The summed E-state index contributed by atoms with van der Waals surface area (Å²) in [6, 6.07) is 7.40. The number of methoxy groups -OCH3 is 1. The fourth-order valence-electron chi connectivity index (χ4n) is 2.49. The van der Waals surface area contributed by atoms with Crippen LogP contribution in [0.5, 0.6) is 5.75 Å².